The number of nitrogens with zero attached hydrogens (tertiary/aromatic N) is 2. The number of nitrogen functional groups attached to an aromatic ring is 1. The first kappa shape index (κ1) is 13.7. The van der Waals surface area contributed by atoms with Crippen LogP contribution < -0.4 is 22.6 Å². The number of rotatable bonds is 3. The summed E-state index contributed by atoms with van der Waals surface area (Å²) in [6, 6.07) is 5.34. The maximum absolute atomic E-state index is 13.9. The lowest BCUT2D eigenvalue weighted by atomic mass is 10.2. The highest BCUT2D eigenvalue weighted by Crippen LogP contribution is 2.17. The quantitative estimate of drug-likeness (QED) is 0.542. The number of carbonyl (C=O) groups is 1. The van der Waals surface area contributed by atoms with E-state index in [0.29, 0.717) is 5.56 Å². The fourth-order valence-corrected chi connectivity index (χ4v) is 1.80. The van der Waals surface area contributed by atoms with Crippen LogP contribution in [0.1, 0.15) is 16.1 Å². The monoisotopic (exact) mass is 277 g/mol. The fraction of sp³-hybridized carbons (Fsp3) is 0.0833. The molecule has 1 amide bonds. The van der Waals surface area contributed by atoms with Crippen LogP contribution in [0.25, 0.3) is 5.69 Å². The lowest BCUT2D eigenvalue weighted by molar-refractivity contribution is 0.0994. The predicted octanol–water partition coefficient (Wildman–Crippen LogP) is 0.0645. The number of nitrogens with two attached hydrogens (primary N) is 2. The van der Waals surface area contributed by atoms with Gasteiger partial charge in [-0.15, -0.1) is 0 Å². The molecule has 7 nitrogen and oxygen atoms in total. The van der Waals surface area contributed by atoms with E-state index in [2.05, 4.69) is 10.5 Å². The molecule has 0 aliphatic rings. The second-order valence-corrected chi connectivity index (χ2v) is 4.07. The molecule has 2 aromatic rings. The van der Waals surface area contributed by atoms with Crippen molar-refractivity contribution in [3.8, 4) is 5.69 Å². The van der Waals surface area contributed by atoms with Gasteiger partial charge in [-0.05, 0) is 18.6 Å². The molecule has 1 aromatic carbocycles. The van der Waals surface area contributed by atoms with E-state index < -0.39 is 17.3 Å². The summed E-state index contributed by atoms with van der Waals surface area (Å²) in [6.07, 6.45) is 0. The number of primary amides is 1. The molecule has 104 valence electrons. The molecule has 1 aromatic heterocycles. The number of para-hydroxylation sites is 1. The van der Waals surface area contributed by atoms with E-state index >= 15 is 0 Å². The van der Waals surface area contributed by atoms with Crippen LogP contribution in [-0.2, 0) is 0 Å². The van der Waals surface area contributed by atoms with Crippen molar-refractivity contribution in [2.45, 2.75) is 6.92 Å². The molecule has 5 N–H and O–H groups in total. The minimum absolute atomic E-state index is 0.0206. The third-order valence-electron chi connectivity index (χ3n) is 2.72. The Morgan fingerprint density at radius 2 is 2.15 bits per heavy atom. The van der Waals surface area contributed by atoms with Crippen LogP contribution in [0.3, 0.4) is 0 Å². The first-order chi connectivity index (χ1) is 9.45. The maximum Gasteiger partial charge on any atom is 0.273 e. The van der Waals surface area contributed by atoms with Crippen molar-refractivity contribution in [2.75, 3.05) is 5.43 Å². The van der Waals surface area contributed by atoms with Crippen molar-refractivity contribution in [1.82, 2.24) is 9.78 Å². The zero-order valence-corrected chi connectivity index (χ0v) is 10.6. The molecule has 0 aliphatic heterocycles. The zero-order chi connectivity index (χ0) is 14.9. The molecule has 0 atom stereocenters. The van der Waals surface area contributed by atoms with Crippen molar-refractivity contribution < 1.29 is 9.18 Å². The van der Waals surface area contributed by atoms with Crippen LogP contribution in [-0.4, -0.2) is 15.7 Å². The van der Waals surface area contributed by atoms with E-state index in [0.717, 1.165) is 10.7 Å². The number of nitrogens with one attached hydrogen (secondary N) is 1. The van der Waals surface area contributed by atoms with E-state index in [4.69, 9.17) is 11.6 Å². The molecule has 20 heavy (non-hydrogen) atoms. The second-order valence-electron chi connectivity index (χ2n) is 4.07. The smallest absolute Gasteiger partial charge is 0.273 e. The summed E-state index contributed by atoms with van der Waals surface area (Å²) in [5, 5.41) is 3.78. The van der Waals surface area contributed by atoms with Crippen LogP contribution in [0.15, 0.2) is 29.1 Å². The van der Waals surface area contributed by atoms with Crippen molar-refractivity contribution in [2.24, 2.45) is 11.6 Å². The van der Waals surface area contributed by atoms with Crippen LogP contribution in [0, 0.1) is 12.7 Å². The number of amides is 1. The largest absolute Gasteiger partial charge is 0.364 e. The topological polar surface area (TPSA) is 116 Å². The van der Waals surface area contributed by atoms with E-state index in [-0.39, 0.29) is 17.1 Å². The van der Waals surface area contributed by atoms with Gasteiger partial charge in [-0.25, -0.2) is 4.39 Å². The number of halogens is 1. The number of hydrogen-bond donors (Lipinski definition) is 3. The van der Waals surface area contributed by atoms with E-state index in [9.17, 15) is 14.0 Å². The highest BCUT2D eigenvalue weighted by Gasteiger charge is 2.17. The van der Waals surface area contributed by atoms with Gasteiger partial charge < -0.3 is 11.2 Å². The Kier molecular flexibility index (Phi) is 3.49. The third-order valence-corrected chi connectivity index (χ3v) is 2.72. The average Bonchev–Trinajstić information content (AvgIpc) is 2.39. The van der Waals surface area contributed by atoms with Crippen molar-refractivity contribution in [3.63, 3.8) is 0 Å². The highest BCUT2D eigenvalue weighted by molar-refractivity contribution is 5.96. The van der Waals surface area contributed by atoms with E-state index in [1.54, 1.807) is 13.0 Å². The summed E-state index contributed by atoms with van der Waals surface area (Å²) in [6.45, 7) is 1.62. The van der Waals surface area contributed by atoms with E-state index in [1.165, 1.54) is 12.1 Å². The molecule has 0 radical (unpaired) electrons. The molecular formula is C12H12FN5O2. The number of carbonyl (C=O) groups excluding carboxylic acids is 1. The Hall–Kier alpha value is -2.74. The minimum Gasteiger partial charge on any atom is -0.364 e. The Morgan fingerprint density at radius 1 is 1.45 bits per heavy atom. The Balaban J connectivity index is 2.79. The number of benzene rings is 1. The molecule has 8 heteroatoms. The summed E-state index contributed by atoms with van der Waals surface area (Å²) in [4.78, 5) is 23.3. The average molecular weight is 277 g/mol. The molecule has 0 spiro atoms. The Bertz CT molecular complexity index is 721. The highest BCUT2D eigenvalue weighted by atomic mass is 19.1. The van der Waals surface area contributed by atoms with Crippen LogP contribution >= 0.6 is 0 Å². The van der Waals surface area contributed by atoms with Crippen LogP contribution in [0.4, 0.5) is 10.1 Å². The molecular weight excluding hydrogens is 265 g/mol. The van der Waals surface area contributed by atoms with Gasteiger partial charge in [0.25, 0.3) is 11.5 Å². The van der Waals surface area contributed by atoms with Gasteiger partial charge in [-0.3, -0.25) is 15.4 Å². The Morgan fingerprint density at radius 3 is 2.70 bits per heavy atom. The third kappa shape index (κ3) is 2.24. The molecule has 1 heterocycles. The summed E-state index contributed by atoms with van der Waals surface area (Å²) in [7, 11) is 0. The molecule has 2 rings (SSSR count). The van der Waals surface area contributed by atoms with Crippen molar-refractivity contribution >= 4 is 11.6 Å². The second kappa shape index (κ2) is 5.10. The lowest BCUT2D eigenvalue weighted by Gasteiger charge is -2.12. The van der Waals surface area contributed by atoms with Gasteiger partial charge in [0.1, 0.15) is 11.5 Å². The summed E-state index contributed by atoms with van der Waals surface area (Å²) in [5.41, 5.74) is 6.85. The summed E-state index contributed by atoms with van der Waals surface area (Å²) in [5.74, 6) is 3.66. The summed E-state index contributed by atoms with van der Waals surface area (Å²) >= 11 is 0. The van der Waals surface area contributed by atoms with Crippen molar-refractivity contribution in [3.05, 3.63) is 51.7 Å². The molecule has 0 saturated carbocycles. The lowest BCUT2D eigenvalue weighted by Crippen LogP contribution is -2.29. The number of aryl methyl sites for hydroxylation is 1. The maximum atomic E-state index is 13.9. The van der Waals surface area contributed by atoms with Gasteiger partial charge in [0.2, 0.25) is 0 Å². The Labute approximate surface area is 113 Å². The van der Waals surface area contributed by atoms with Gasteiger partial charge >= 0.3 is 0 Å². The number of aromatic nitrogens is 2. The number of hydrogen-bond acceptors (Lipinski definition) is 5. The van der Waals surface area contributed by atoms with Gasteiger partial charge in [0, 0.05) is 6.07 Å². The van der Waals surface area contributed by atoms with Crippen LogP contribution in [0.2, 0.25) is 0 Å². The minimum atomic E-state index is -0.888. The van der Waals surface area contributed by atoms with Crippen molar-refractivity contribution in [1.29, 1.82) is 0 Å². The predicted molar refractivity (Wildman–Crippen MR) is 70.9 cm³/mol. The first-order valence-corrected chi connectivity index (χ1v) is 5.62. The van der Waals surface area contributed by atoms with Gasteiger partial charge in [-0.2, -0.15) is 9.78 Å². The molecule has 0 aliphatic carbocycles. The number of hydrazine groups is 1. The van der Waals surface area contributed by atoms with Gasteiger partial charge in [0.15, 0.2) is 5.69 Å². The molecule has 0 saturated heterocycles. The molecule has 0 fully saturated rings. The fourth-order valence-electron chi connectivity index (χ4n) is 1.80. The summed E-state index contributed by atoms with van der Waals surface area (Å²) < 4.78 is 14.7. The van der Waals surface area contributed by atoms with Crippen LogP contribution in [0.5, 0.6) is 0 Å². The molecule has 0 unspecified atom stereocenters. The SMILES string of the molecule is Cc1cccc(F)c1-n1nc(C(N)=O)c(NN)cc1=O. The first-order valence-electron chi connectivity index (χ1n) is 5.62. The normalized spacial score (nSPS) is 10.3. The standard InChI is InChI=1S/C12H12FN5O2/c1-6-3-2-4-7(13)11(6)18-9(19)5-8(16-15)10(17-18)12(14)20/h2-5,16H,15H2,1H3,(H2,14,20). The van der Waals surface area contributed by atoms with E-state index in [1.807, 2.05) is 0 Å². The molecule has 0 bridgehead atoms. The zero-order valence-electron chi connectivity index (χ0n) is 10.6. The van der Waals surface area contributed by atoms with Gasteiger partial charge in [-0.1, -0.05) is 12.1 Å². The number of anilines is 1. The van der Waals surface area contributed by atoms with Gasteiger partial charge in [0.05, 0.1) is 5.69 Å².